The highest BCUT2D eigenvalue weighted by Gasteiger charge is 2.37. The number of Topliss-reactive ketones (excluding diaryl/α,β-unsaturated/α-hetero) is 1. The van der Waals surface area contributed by atoms with E-state index in [0.29, 0.717) is 20.7 Å². The highest BCUT2D eigenvalue weighted by molar-refractivity contribution is 7.14. The molecule has 1 atom stereocenters. The summed E-state index contributed by atoms with van der Waals surface area (Å²) >= 11 is 13.0. The summed E-state index contributed by atoms with van der Waals surface area (Å²) in [5.41, 5.74) is 2.01. The molecule has 0 saturated carbocycles. The summed E-state index contributed by atoms with van der Waals surface area (Å²) in [4.78, 5) is 43.0. The summed E-state index contributed by atoms with van der Waals surface area (Å²) in [5.74, 6) is -1.76. The molecule has 0 spiro atoms. The van der Waals surface area contributed by atoms with Crippen molar-refractivity contribution in [2.24, 2.45) is 5.92 Å². The third-order valence-corrected chi connectivity index (χ3v) is 6.20. The second-order valence-corrected chi connectivity index (χ2v) is 8.67. The number of thiazole rings is 1. The molecule has 0 radical (unpaired) electrons. The Bertz CT molecular complexity index is 1130. The average Bonchev–Trinajstić information content (AvgIpc) is 3.39. The molecule has 2 heterocycles. The molecule has 6 nitrogen and oxygen atoms in total. The van der Waals surface area contributed by atoms with E-state index in [4.69, 9.17) is 27.9 Å². The summed E-state index contributed by atoms with van der Waals surface area (Å²) < 4.78 is 5.16. The quantitative estimate of drug-likeness (QED) is 0.375. The fraction of sp³-hybridized carbons (Fsp3) is 0.182. The number of benzene rings is 2. The van der Waals surface area contributed by atoms with Crippen molar-refractivity contribution in [3.05, 3.63) is 69.5 Å². The molecule has 0 aliphatic carbocycles. The molecule has 3 aromatic rings. The first-order chi connectivity index (χ1) is 14.9. The van der Waals surface area contributed by atoms with E-state index in [1.54, 1.807) is 36.4 Å². The van der Waals surface area contributed by atoms with Crippen LogP contribution in [-0.4, -0.2) is 35.8 Å². The van der Waals surface area contributed by atoms with Crippen molar-refractivity contribution >= 4 is 57.3 Å². The normalized spacial score (nSPS) is 15.9. The molecule has 2 aromatic carbocycles. The maximum Gasteiger partial charge on any atom is 0.311 e. The van der Waals surface area contributed by atoms with Gasteiger partial charge in [-0.15, -0.1) is 11.3 Å². The van der Waals surface area contributed by atoms with E-state index in [-0.39, 0.29) is 31.3 Å². The van der Waals surface area contributed by atoms with Crippen LogP contribution in [0.1, 0.15) is 16.8 Å². The Kier molecular flexibility index (Phi) is 6.36. The number of ether oxygens (including phenoxy) is 1. The number of hydrogen-bond donors (Lipinski definition) is 0. The maximum atomic E-state index is 12.5. The zero-order valence-electron chi connectivity index (χ0n) is 16.1. The number of rotatable bonds is 6. The molecular formula is C22H16Cl2N2O4S. The third-order valence-electron chi connectivity index (χ3n) is 4.83. The number of esters is 1. The predicted molar refractivity (Wildman–Crippen MR) is 120 cm³/mol. The molecule has 4 rings (SSSR count). The van der Waals surface area contributed by atoms with Crippen molar-refractivity contribution in [2.75, 3.05) is 18.1 Å². The molecule has 1 fully saturated rings. The number of ketones is 1. The monoisotopic (exact) mass is 474 g/mol. The van der Waals surface area contributed by atoms with Crippen LogP contribution in [0, 0.1) is 5.92 Å². The molecule has 1 amide bonds. The van der Waals surface area contributed by atoms with E-state index in [1.165, 1.54) is 16.2 Å². The van der Waals surface area contributed by atoms with Crippen LogP contribution in [0.4, 0.5) is 5.13 Å². The first-order valence-electron chi connectivity index (χ1n) is 9.38. The number of aromatic nitrogens is 1. The Morgan fingerprint density at radius 3 is 2.39 bits per heavy atom. The van der Waals surface area contributed by atoms with Crippen LogP contribution in [0.2, 0.25) is 10.0 Å². The van der Waals surface area contributed by atoms with Gasteiger partial charge in [0.2, 0.25) is 5.91 Å². The summed E-state index contributed by atoms with van der Waals surface area (Å²) in [6, 6.07) is 13.6. The number of hydrogen-bond acceptors (Lipinski definition) is 6. The van der Waals surface area contributed by atoms with Gasteiger partial charge in [0.1, 0.15) is 0 Å². The largest absolute Gasteiger partial charge is 0.457 e. The molecule has 0 unspecified atom stereocenters. The van der Waals surface area contributed by atoms with Gasteiger partial charge in [-0.05, 0) is 36.4 Å². The topological polar surface area (TPSA) is 76.6 Å². The van der Waals surface area contributed by atoms with Gasteiger partial charge in [-0.2, -0.15) is 0 Å². The number of carbonyl (C=O) groups excluding carboxylic acids is 3. The Hall–Kier alpha value is -2.74. The first-order valence-corrected chi connectivity index (χ1v) is 11.0. The van der Waals surface area contributed by atoms with Gasteiger partial charge >= 0.3 is 5.97 Å². The summed E-state index contributed by atoms with van der Waals surface area (Å²) in [5, 5.41) is 3.51. The minimum atomic E-state index is -0.645. The molecular weight excluding hydrogens is 459 g/mol. The van der Waals surface area contributed by atoms with Crippen LogP contribution in [0.25, 0.3) is 11.3 Å². The molecule has 31 heavy (non-hydrogen) atoms. The molecule has 1 saturated heterocycles. The smallest absolute Gasteiger partial charge is 0.311 e. The molecule has 1 aliphatic heterocycles. The number of anilines is 1. The lowest BCUT2D eigenvalue weighted by molar-refractivity contribution is -0.147. The van der Waals surface area contributed by atoms with Crippen LogP contribution >= 0.6 is 34.5 Å². The van der Waals surface area contributed by atoms with Crippen LogP contribution in [0.3, 0.4) is 0 Å². The van der Waals surface area contributed by atoms with Gasteiger partial charge in [0.05, 0.1) is 11.6 Å². The fourth-order valence-electron chi connectivity index (χ4n) is 3.17. The second kappa shape index (κ2) is 9.18. The van der Waals surface area contributed by atoms with E-state index >= 15 is 0 Å². The fourth-order valence-corrected chi connectivity index (χ4v) is 4.28. The molecule has 0 bridgehead atoms. The van der Waals surface area contributed by atoms with E-state index in [0.717, 1.165) is 11.3 Å². The third kappa shape index (κ3) is 4.95. The van der Waals surface area contributed by atoms with Crippen molar-refractivity contribution in [1.29, 1.82) is 0 Å². The highest BCUT2D eigenvalue weighted by Crippen LogP contribution is 2.32. The molecule has 158 valence electrons. The number of carbonyl (C=O) groups is 3. The zero-order chi connectivity index (χ0) is 22.0. The average molecular weight is 475 g/mol. The molecule has 0 N–H and O–H groups in total. The van der Waals surface area contributed by atoms with Crippen LogP contribution in [0.15, 0.2) is 53.9 Å². The van der Waals surface area contributed by atoms with Gasteiger partial charge in [0, 0.05) is 39.5 Å². The standard InChI is InChI=1S/C22H16Cl2N2O4S/c23-16-5-1-13(2-6-16)18-12-31-22(25-18)26-10-15(9-20(26)28)21(29)30-11-19(27)14-3-7-17(24)8-4-14/h1-8,12,15H,9-11H2/t15-/m0/s1. The molecule has 1 aromatic heterocycles. The highest BCUT2D eigenvalue weighted by atomic mass is 35.5. The van der Waals surface area contributed by atoms with Crippen molar-refractivity contribution in [2.45, 2.75) is 6.42 Å². The van der Waals surface area contributed by atoms with Crippen molar-refractivity contribution in [3.63, 3.8) is 0 Å². The van der Waals surface area contributed by atoms with E-state index in [9.17, 15) is 14.4 Å². The number of nitrogens with zero attached hydrogens (tertiary/aromatic N) is 2. The first kappa shape index (κ1) is 21.5. The van der Waals surface area contributed by atoms with Gasteiger partial charge in [-0.1, -0.05) is 35.3 Å². The minimum absolute atomic E-state index is 0.0177. The summed E-state index contributed by atoms with van der Waals surface area (Å²) in [7, 11) is 0. The van der Waals surface area contributed by atoms with Crippen LogP contribution in [-0.2, 0) is 14.3 Å². The number of halogens is 2. The lowest BCUT2D eigenvalue weighted by Gasteiger charge is -2.12. The Balaban J connectivity index is 1.36. The molecule has 1 aliphatic rings. The van der Waals surface area contributed by atoms with Gasteiger partial charge in [-0.3, -0.25) is 19.3 Å². The lowest BCUT2D eigenvalue weighted by Crippen LogP contribution is -2.27. The zero-order valence-corrected chi connectivity index (χ0v) is 18.4. The van der Waals surface area contributed by atoms with Crippen LogP contribution < -0.4 is 4.90 Å². The molecule has 9 heteroatoms. The van der Waals surface area contributed by atoms with Gasteiger partial charge in [0.15, 0.2) is 17.5 Å². The maximum absolute atomic E-state index is 12.5. The van der Waals surface area contributed by atoms with Crippen molar-refractivity contribution in [1.82, 2.24) is 4.98 Å². The van der Waals surface area contributed by atoms with E-state index in [1.807, 2.05) is 17.5 Å². The minimum Gasteiger partial charge on any atom is -0.457 e. The van der Waals surface area contributed by atoms with Gasteiger partial charge in [-0.25, -0.2) is 4.98 Å². The van der Waals surface area contributed by atoms with Gasteiger partial charge in [0.25, 0.3) is 0 Å². The Labute approximate surface area is 192 Å². The van der Waals surface area contributed by atoms with Crippen molar-refractivity contribution in [3.8, 4) is 11.3 Å². The van der Waals surface area contributed by atoms with Crippen LogP contribution in [0.5, 0.6) is 0 Å². The van der Waals surface area contributed by atoms with Gasteiger partial charge < -0.3 is 4.74 Å². The Morgan fingerprint density at radius 2 is 1.71 bits per heavy atom. The lowest BCUT2D eigenvalue weighted by atomic mass is 10.1. The van der Waals surface area contributed by atoms with E-state index in [2.05, 4.69) is 4.98 Å². The van der Waals surface area contributed by atoms with Crippen molar-refractivity contribution < 1.29 is 19.1 Å². The van der Waals surface area contributed by atoms with E-state index < -0.39 is 11.9 Å². The summed E-state index contributed by atoms with van der Waals surface area (Å²) in [6.45, 7) is -0.219. The SMILES string of the molecule is O=C(COC(=O)[C@H]1CC(=O)N(c2nc(-c3ccc(Cl)cc3)cs2)C1)c1ccc(Cl)cc1. The number of amides is 1. The predicted octanol–water partition coefficient (Wildman–Crippen LogP) is 4.90. The summed E-state index contributed by atoms with van der Waals surface area (Å²) in [6.07, 6.45) is 0.0177. The second-order valence-electron chi connectivity index (χ2n) is 6.97. The Morgan fingerprint density at radius 1 is 1.06 bits per heavy atom.